The summed E-state index contributed by atoms with van der Waals surface area (Å²) in [5.41, 5.74) is 0. The first kappa shape index (κ1) is 15.4. The Morgan fingerprint density at radius 2 is 1.31 bits per heavy atom. The lowest BCUT2D eigenvalue weighted by atomic mass is 10.5. The summed E-state index contributed by atoms with van der Waals surface area (Å²) in [5.74, 6) is 0. The van der Waals surface area contributed by atoms with Crippen LogP contribution in [0.5, 0.6) is 0 Å². The van der Waals surface area contributed by atoms with Gasteiger partial charge in [-0.25, -0.2) is 0 Å². The molecule has 0 atom stereocenters. The van der Waals surface area contributed by atoms with Gasteiger partial charge in [-0.3, -0.25) is 0 Å². The summed E-state index contributed by atoms with van der Waals surface area (Å²) in [6.45, 7) is 11.1. The largest absolute Gasteiger partial charge is 0.395 e. The van der Waals surface area contributed by atoms with E-state index in [0.29, 0.717) is 0 Å². The minimum absolute atomic E-state index is 0.257. The van der Waals surface area contributed by atoms with Gasteiger partial charge < -0.3 is 14.9 Å². The molecule has 0 fully saturated rings. The summed E-state index contributed by atoms with van der Waals surface area (Å²) < 4.78 is 0. The van der Waals surface area contributed by atoms with E-state index in [1.54, 1.807) is 0 Å². The van der Waals surface area contributed by atoms with Crippen LogP contribution in [0.25, 0.3) is 0 Å². The van der Waals surface area contributed by atoms with E-state index in [1.165, 1.54) is 19.6 Å². The summed E-state index contributed by atoms with van der Waals surface area (Å²) in [7, 11) is 3.85. The molecule has 0 saturated carbocycles. The van der Waals surface area contributed by atoms with Crippen molar-refractivity contribution < 1.29 is 5.11 Å². The first-order chi connectivity index (χ1) is 6.12. The predicted molar refractivity (Wildman–Crippen MR) is 59.1 cm³/mol. The van der Waals surface area contributed by atoms with Crippen LogP contribution in [0.1, 0.15) is 20.8 Å². The van der Waals surface area contributed by atoms with E-state index in [9.17, 15) is 0 Å². The minimum atomic E-state index is 0.257. The number of rotatable bonds is 5. The number of likely N-dealkylation sites (N-methyl/N-ethyl adjacent to an activating group) is 1. The highest BCUT2D eigenvalue weighted by molar-refractivity contribution is 4.43. The quantitative estimate of drug-likeness (QED) is 0.697. The third-order valence-electron chi connectivity index (χ3n) is 1.89. The van der Waals surface area contributed by atoms with Gasteiger partial charge in [0.25, 0.3) is 0 Å². The SMILES string of the molecule is CCN(CC)CC.CN(C)CCO. The van der Waals surface area contributed by atoms with Crippen LogP contribution in [0, 0.1) is 0 Å². The molecule has 0 bridgehead atoms. The standard InChI is InChI=1S/C6H15N.C4H11NO/c1-4-7(5-2)6-3;1-5(2)3-4-6/h4-6H2,1-3H3;6H,3-4H2,1-2H3. The molecule has 0 radical (unpaired) electrons. The van der Waals surface area contributed by atoms with E-state index in [4.69, 9.17) is 5.11 Å². The summed E-state index contributed by atoms with van der Waals surface area (Å²) in [6.07, 6.45) is 0. The van der Waals surface area contributed by atoms with E-state index in [-0.39, 0.29) is 6.61 Å². The Balaban J connectivity index is 0. The zero-order valence-electron chi connectivity index (χ0n) is 9.88. The van der Waals surface area contributed by atoms with Crippen molar-refractivity contribution in [1.29, 1.82) is 0 Å². The average molecular weight is 190 g/mol. The lowest BCUT2D eigenvalue weighted by Crippen LogP contribution is -2.21. The predicted octanol–water partition coefficient (Wildman–Crippen LogP) is 0.888. The van der Waals surface area contributed by atoms with Crippen molar-refractivity contribution in [3.05, 3.63) is 0 Å². The molecule has 0 heterocycles. The van der Waals surface area contributed by atoms with E-state index in [0.717, 1.165) is 6.54 Å². The van der Waals surface area contributed by atoms with E-state index in [2.05, 4.69) is 25.7 Å². The molecule has 1 N–H and O–H groups in total. The fourth-order valence-corrected chi connectivity index (χ4v) is 0.871. The molecule has 0 aliphatic rings. The molecular weight excluding hydrogens is 164 g/mol. The van der Waals surface area contributed by atoms with Gasteiger partial charge in [-0.2, -0.15) is 0 Å². The van der Waals surface area contributed by atoms with Gasteiger partial charge in [0.15, 0.2) is 0 Å². The van der Waals surface area contributed by atoms with Crippen molar-refractivity contribution in [3.8, 4) is 0 Å². The van der Waals surface area contributed by atoms with Crippen molar-refractivity contribution in [2.24, 2.45) is 0 Å². The molecule has 0 aliphatic carbocycles. The maximum Gasteiger partial charge on any atom is 0.0558 e. The normalized spacial score (nSPS) is 10.2. The third kappa shape index (κ3) is 14.7. The molecule has 82 valence electrons. The summed E-state index contributed by atoms with van der Waals surface area (Å²) in [4.78, 5) is 4.31. The van der Waals surface area contributed by atoms with E-state index < -0.39 is 0 Å². The molecule has 0 spiro atoms. The van der Waals surface area contributed by atoms with Gasteiger partial charge in [-0.1, -0.05) is 20.8 Å². The maximum absolute atomic E-state index is 8.20. The molecule has 0 amide bonds. The molecular formula is C10H26N2O. The highest BCUT2D eigenvalue weighted by atomic mass is 16.3. The zero-order chi connectivity index (χ0) is 10.7. The van der Waals surface area contributed by atoms with Crippen LogP contribution in [-0.2, 0) is 0 Å². The Hall–Kier alpha value is -0.120. The monoisotopic (exact) mass is 190 g/mol. The minimum Gasteiger partial charge on any atom is -0.395 e. The molecule has 0 aliphatic heterocycles. The summed E-state index contributed by atoms with van der Waals surface area (Å²) >= 11 is 0. The molecule has 0 unspecified atom stereocenters. The number of nitrogens with zero attached hydrogens (tertiary/aromatic N) is 2. The van der Waals surface area contributed by atoms with Crippen LogP contribution in [-0.4, -0.2) is 61.8 Å². The maximum atomic E-state index is 8.20. The van der Waals surface area contributed by atoms with Crippen molar-refractivity contribution in [1.82, 2.24) is 9.80 Å². The van der Waals surface area contributed by atoms with E-state index in [1.807, 2.05) is 19.0 Å². The van der Waals surface area contributed by atoms with Gasteiger partial charge in [-0.15, -0.1) is 0 Å². The summed E-state index contributed by atoms with van der Waals surface area (Å²) in [5, 5.41) is 8.20. The number of aliphatic hydroxyl groups excluding tert-OH is 1. The molecule has 0 aromatic carbocycles. The fourth-order valence-electron chi connectivity index (χ4n) is 0.871. The van der Waals surface area contributed by atoms with Crippen LogP contribution < -0.4 is 0 Å². The first-order valence-corrected chi connectivity index (χ1v) is 5.10. The average Bonchev–Trinajstić information content (AvgIpc) is 2.08. The van der Waals surface area contributed by atoms with Crippen molar-refractivity contribution in [2.75, 3.05) is 46.9 Å². The van der Waals surface area contributed by atoms with Gasteiger partial charge >= 0.3 is 0 Å². The fraction of sp³-hybridized carbons (Fsp3) is 1.00. The number of hydrogen-bond donors (Lipinski definition) is 1. The van der Waals surface area contributed by atoms with Crippen molar-refractivity contribution >= 4 is 0 Å². The second kappa shape index (κ2) is 11.9. The Labute approximate surface area is 83.3 Å². The van der Waals surface area contributed by atoms with Gasteiger partial charge in [0, 0.05) is 6.54 Å². The highest BCUT2D eigenvalue weighted by Gasteiger charge is 1.89. The van der Waals surface area contributed by atoms with Gasteiger partial charge in [-0.05, 0) is 33.7 Å². The van der Waals surface area contributed by atoms with Crippen molar-refractivity contribution in [3.63, 3.8) is 0 Å². The van der Waals surface area contributed by atoms with Crippen LogP contribution in [0.2, 0.25) is 0 Å². The third-order valence-corrected chi connectivity index (χ3v) is 1.89. The lowest BCUT2D eigenvalue weighted by Gasteiger charge is -2.13. The molecule has 0 saturated heterocycles. The number of hydrogen-bond acceptors (Lipinski definition) is 3. The highest BCUT2D eigenvalue weighted by Crippen LogP contribution is 1.81. The topological polar surface area (TPSA) is 26.7 Å². The van der Waals surface area contributed by atoms with Crippen LogP contribution in [0.3, 0.4) is 0 Å². The second-order valence-electron chi connectivity index (χ2n) is 3.15. The Bertz CT molecular complexity index is 77.5. The van der Waals surface area contributed by atoms with E-state index >= 15 is 0 Å². The van der Waals surface area contributed by atoms with Crippen LogP contribution in [0.4, 0.5) is 0 Å². The number of aliphatic hydroxyl groups is 1. The molecule has 13 heavy (non-hydrogen) atoms. The molecule has 3 heteroatoms. The zero-order valence-corrected chi connectivity index (χ0v) is 9.88. The molecule has 0 rings (SSSR count). The lowest BCUT2D eigenvalue weighted by molar-refractivity contribution is 0.243. The smallest absolute Gasteiger partial charge is 0.0558 e. The van der Waals surface area contributed by atoms with Gasteiger partial charge in [0.1, 0.15) is 0 Å². The van der Waals surface area contributed by atoms with Gasteiger partial charge in [0.2, 0.25) is 0 Å². The first-order valence-electron chi connectivity index (χ1n) is 5.10. The van der Waals surface area contributed by atoms with Crippen LogP contribution >= 0.6 is 0 Å². The summed E-state index contributed by atoms with van der Waals surface area (Å²) in [6, 6.07) is 0. The van der Waals surface area contributed by atoms with Crippen molar-refractivity contribution in [2.45, 2.75) is 20.8 Å². The Kier molecular flexibility index (Phi) is 14.0. The molecule has 3 nitrogen and oxygen atoms in total. The Morgan fingerprint density at radius 1 is 0.923 bits per heavy atom. The van der Waals surface area contributed by atoms with Crippen LogP contribution in [0.15, 0.2) is 0 Å². The van der Waals surface area contributed by atoms with Gasteiger partial charge in [0.05, 0.1) is 6.61 Å². The Morgan fingerprint density at radius 3 is 1.31 bits per heavy atom. The molecule has 0 aromatic rings. The second-order valence-corrected chi connectivity index (χ2v) is 3.15. The molecule has 0 aromatic heterocycles.